The quantitative estimate of drug-likeness (QED) is 0.851. The predicted molar refractivity (Wildman–Crippen MR) is 85.2 cm³/mol. The normalized spacial score (nSPS) is 11.6. The number of amides is 1. The number of halogens is 1. The van der Waals surface area contributed by atoms with Crippen molar-refractivity contribution in [2.45, 2.75) is 10.8 Å². The van der Waals surface area contributed by atoms with Gasteiger partial charge in [-0.05, 0) is 24.3 Å². The van der Waals surface area contributed by atoms with Crippen LogP contribution in [0.25, 0.3) is 0 Å². The topological polar surface area (TPSA) is 79.4 Å². The summed E-state index contributed by atoms with van der Waals surface area (Å²) < 4.78 is 26.0. The fourth-order valence-corrected chi connectivity index (χ4v) is 4.45. The molecule has 1 N–H and O–H groups in total. The van der Waals surface area contributed by atoms with Crippen LogP contribution in [0, 0.1) is 0 Å². The maximum atomic E-state index is 12.2. The lowest BCUT2D eigenvalue weighted by Gasteiger charge is -2.15. The molecule has 0 fully saturated rings. The van der Waals surface area contributed by atoms with Gasteiger partial charge in [0.25, 0.3) is 10.0 Å². The number of nitrogens with one attached hydrogen (secondary N) is 1. The summed E-state index contributed by atoms with van der Waals surface area (Å²) in [5.74, 6) is -0.403. The van der Waals surface area contributed by atoms with E-state index >= 15 is 0 Å². The average Bonchev–Trinajstić information content (AvgIpc) is 2.93. The fourth-order valence-electron chi connectivity index (χ4n) is 1.62. The molecule has 0 bridgehead atoms. The van der Waals surface area contributed by atoms with Crippen LogP contribution in [0.15, 0.2) is 40.7 Å². The first-order chi connectivity index (χ1) is 10.4. The van der Waals surface area contributed by atoms with Crippen LogP contribution in [0.1, 0.15) is 5.69 Å². The Bertz CT molecular complexity index is 747. The van der Waals surface area contributed by atoms with E-state index in [4.69, 9.17) is 11.6 Å². The molecule has 0 radical (unpaired) electrons. The minimum absolute atomic E-state index is 0.109. The molecule has 2 rings (SSSR count). The minimum atomic E-state index is -3.71. The van der Waals surface area contributed by atoms with Gasteiger partial charge in [0.15, 0.2) is 0 Å². The van der Waals surface area contributed by atoms with Crippen LogP contribution in [-0.2, 0) is 21.4 Å². The summed E-state index contributed by atoms with van der Waals surface area (Å²) in [5, 5.41) is 2.63. The number of likely N-dealkylation sites (N-methyl/N-ethyl adjacent to an activating group) is 1. The standard InChI is InChI=1S/C13H14ClN3O3S2/c1-17(22(19,20)13-6-5-11(14)21-13)9-12(18)16-8-10-4-2-3-7-15-10/h2-7H,8-9H2,1H3,(H,16,18). The summed E-state index contributed by atoms with van der Waals surface area (Å²) in [6.07, 6.45) is 1.62. The number of carbonyl (C=O) groups is 1. The van der Waals surface area contributed by atoms with Gasteiger partial charge in [0.05, 0.1) is 23.1 Å². The molecule has 1 amide bonds. The van der Waals surface area contributed by atoms with Gasteiger partial charge in [-0.1, -0.05) is 17.7 Å². The van der Waals surface area contributed by atoms with Crippen LogP contribution >= 0.6 is 22.9 Å². The lowest BCUT2D eigenvalue weighted by molar-refractivity contribution is -0.121. The van der Waals surface area contributed by atoms with E-state index in [0.29, 0.717) is 10.0 Å². The fraction of sp³-hybridized carbons (Fsp3) is 0.231. The minimum Gasteiger partial charge on any atom is -0.349 e. The van der Waals surface area contributed by atoms with Gasteiger partial charge in [0, 0.05) is 13.2 Å². The van der Waals surface area contributed by atoms with E-state index in [1.54, 1.807) is 18.3 Å². The highest BCUT2D eigenvalue weighted by Gasteiger charge is 2.24. The highest BCUT2D eigenvalue weighted by molar-refractivity contribution is 7.91. The van der Waals surface area contributed by atoms with Crippen molar-refractivity contribution in [3.63, 3.8) is 0 Å². The maximum absolute atomic E-state index is 12.2. The molecule has 22 heavy (non-hydrogen) atoms. The first-order valence-electron chi connectivity index (χ1n) is 6.28. The van der Waals surface area contributed by atoms with E-state index in [1.165, 1.54) is 19.2 Å². The Morgan fingerprint density at radius 2 is 2.14 bits per heavy atom. The summed E-state index contributed by atoms with van der Waals surface area (Å²) in [6.45, 7) is -0.0247. The monoisotopic (exact) mass is 359 g/mol. The van der Waals surface area contributed by atoms with Crippen molar-refractivity contribution < 1.29 is 13.2 Å². The summed E-state index contributed by atoms with van der Waals surface area (Å²) in [5.41, 5.74) is 0.700. The molecule has 0 aliphatic carbocycles. The zero-order valence-corrected chi connectivity index (χ0v) is 14.1. The number of carbonyl (C=O) groups excluding carboxylic acids is 1. The third kappa shape index (κ3) is 4.26. The van der Waals surface area contributed by atoms with E-state index in [1.807, 2.05) is 6.07 Å². The number of thiophene rings is 1. The van der Waals surface area contributed by atoms with Gasteiger partial charge in [-0.3, -0.25) is 9.78 Å². The lowest BCUT2D eigenvalue weighted by Crippen LogP contribution is -2.37. The third-order valence-electron chi connectivity index (χ3n) is 2.77. The Morgan fingerprint density at radius 3 is 2.73 bits per heavy atom. The van der Waals surface area contributed by atoms with Crippen molar-refractivity contribution in [2.75, 3.05) is 13.6 Å². The van der Waals surface area contributed by atoms with Crippen molar-refractivity contribution >= 4 is 38.9 Å². The third-order valence-corrected chi connectivity index (χ3v) is 6.27. The molecule has 0 saturated carbocycles. The van der Waals surface area contributed by atoms with Crippen LogP contribution in [0.5, 0.6) is 0 Å². The lowest BCUT2D eigenvalue weighted by atomic mass is 10.3. The van der Waals surface area contributed by atoms with Gasteiger partial charge in [0.2, 0.25) is 5.91 Å². The van der Waals surface area contributed by atoms with Gasteiger partial charge in [-0.25, -0.2) is 8.42 Å². The zero-order valence-electron chi connectivity index (χ0n) is 11.7. The SMILES string of the molecule is CN(CC(=O)NCc1ccccn1)S(=O)(=O)c1ccc(Cl)s1. The van der Waals surface area contributed by atoms with Gasteiger partial charge < -0.3 is 5.32 Å². The molecule has 9 heteroatoms. The van der Waals surface area contributed by atoms with E-state index in [0.717, 1.165) is 15.6 Å². The Morgan fingerprint density at radius 1 is 1.36 bits per heavy atom. The Balaban J connectivity index is 1.93. The van der Waals surface area contributed by atoms with E-state index in [9.17, 15) is 13.2 Å². The Labute approximate surface area is 137 Å². The van der Waals surface area contributed by atoms with Crippen LogP contribution in [0.2, 0.25) is 4.34 Å². The predicted octanol–water partition coefficient (Wildman–Crippen LogP) is 1.73. The van der Waals surface area contributed by atoms with Gasteiger partial charge >= 0.3 is 0 Å². The number of sulfonamides is 1. The zero-order chi connectivity index (χ0) is 16.2. The van der Waals surface area contributed by atoms with Gasteiger partial charge in [-0.15, -0.1) is 11.3 Å². The molecule has 0 aromatic carbocycles. The van der Waals surface area contributed by atoms with E-state index in [-0.39, 0.29) is 17.3 Å². The molecular weight excluding hydrogens is 346 g/mol. The Hall–Kier alpha value is -1.48. The number of hydrogen-bond acceptors (Lipinski definition) is 5. The molecule has 0 unspecified atom stereocenters. The first-order valence-corrected chi connectivity index (χ1v) is 8.91. The summed E-state index contributed by atoms with van der Waals surface area (Å²) in [6, 6.07) is 8.29. The van der Waals surface area contributed by atoms with Crippen molar-refractivity contribution in [3.8, 4) is 0 Å². The average molecular weight is 360 g/mol. The highest BCUT2D eigenvalue weighted by atomic mass is 35.5. The molecule has 2 aromatic rings. The molecule has 0 aliphatic heterocycles. The Kier molecular flexibility index (Phi) is 5.52. The van der Waals surface area contributed by atoms with Crippen LogP contribution in [0.4, 0.5) is 0 Å². The van der Waals surface area contributed by atoms with Gasteiger partial charge in [0.1, 0.15) is 4.21 Å². The van der Waals surface area contributed by atoms with E-state index < -0.39 is 15.9 Å². The molecular formula is C13H14ClN3O3S2. The highest BCUT2D eigenvalue weighted by Crippen LogP contribution is 2.27. The number of pyridine rings is 1. The van der Waals surface area contributed by atoms with E-state index in [2.05, 4.69) is 10.3 Å². The molecule has 0 spiro atoms. The first kappa shape index (κ1) is 16.9. The molecule has 0 atom stereocenters. The second-order valence-corrected chi connectivity index (χ2v) is 8.40. The molecule has 118 valence electrons. The molecule has 0 saturated heterocycles. The van der Waals surface area contributed by atoms with Crippen LogP contribution in [0.3, 0.4) is 0 Å². The molecule has 2 aromatic heterocycles. The largest absolute Gasteiger partial charge is 0.349 e. The van der Waals surface area contributed by atoms with Crippen LogP contribution < -0.4 is 5.32 Å². The number of nitrogens with zero attached hydrogens (tertiary/aromatic N) is 2. The number of aromatic nitrogens is 1. The van der Waals surface area contributed by atoms with Crippen molar-refractivity contribution in [1.82, 2.24) is 14.6 Å². The van der Waals surface area contributed by atoms with Crippen molar-refractivity contribution in [1.29, 1.82) is 0 Å². The molecule has 0 aliphatic rings. The maximum Gasteiger partial charge on any atom is 0.252 e. The van der Waals surface area contributed by atoms with Crippen LogP contribution in [-0.4, -0.2) is 37.2 Å². The summed E-state index contributed by atoms with van der Waals surface area (Å²) >= 11 is 6.70. The number of rotatable bonds is 6. The molecule has 2 heterocycles. The smallest absolute Gasteiger partial charge is 0.252 e. The number of hydrogen-bond donors (Lipinski definition) is 1. The van der Waals surface area contributed by atoms with Crippen molar-refractivity contribution in [3.05, 3.63) is 46.6 Å². The van der Waals surface area contributed by atoms with Gasteiger partial charge in [-0.2, -0.15) is 4.31 Å². The summed E-state index contributed by atoms with van der Waals surface area (Å²) in [4.78, 5) is 15.9. The second kappa shape index (κ2) is 7.19. The second-order valence-electron chi connectivity index (χ2n) is 4.42. The van der Waals surface area contributed by atoms with Crippen molar-refractivity contribution in [2.24, 2.45) is 0 Å². The molecule has 6 nitrogen and oxygen atoms in total. The summed E-state index contributed by atoms with van der Waals surface area (Å²) in [7, 11) is -2.35.